The van der Waals surface area contributed by atoms with Crippen LogP contribution in [0, 0.1) is 0 Å². The summed E-state index contributed by atoms with van der Waals surface area (Å²) in [6, 6.07) is 6.86. The summed E-state index contributed by atoms with van der Waals surface area (Å²) in [5, 5.41) is 3.66. The summed E-state index contributed by atoms with van der Waals surface area (Å²) in [6.45, 7) is 4.48. The Balaban J connectivity index is 1.61. The van der Waals surface area contributed by atoms with Crippen molar-refractivity contribution < 1.29 is 22.7 Å². The predicted molar refractivity (Wildman–Crippen MR) is 123 cm³/mol. The number of hydrogen-bond donors (Lipinski definition) is 2. The molecule has 0 fully saturated rings. The summed E-state index contributed by atoms with van der Waals surface area (Å²) < 4.78 is 36.6. The van der Waals surface area contributed by atoms with Gasteiger partial charge in [0.05, 0.1) is 19.2 Å². The maximum Gasteiger partial charge on any atom is 0.259 e. The molecule has 2 aliphatic heterocycles. The van der Waals surface area contributed by atoms with Crippen LogP contribution in [-0.2, 0) is 10.0 Å². The summed E-state index contributed by atoms with van der Waals surface area (Å²) >= 11 is 0. The number of nitrogens with zero attached hydrogens (tertiary/aromatic N) is 4. The molecule has 0 unspecified atom stereocenters. The van der Waals surface area contributed by atoms with E-state index in [1.807, 2.05) is 11.0 Å². The van der Waals surface area contributed by atoms with E-state index in [4.69, 9.17) is 9.47 Å². The molecule has 0 atom stereocenters. The van der Waals surface area contributed by atoms with Gasteiger partial charge in [-0.25, -0.2) is 18.1 Å². The maximum absolute atomic E-state index is 12.7. The Morgan fingerprint density at radius 3 is 2.91 bits per heavy atom. The van der Waals surface area contributed by atoms with E-state index in [1.165, 1.54) is 13.3 Å². The number of amides is 1. The summed E-state index contributed by atoms with van der Waals surface area (Å²) in [4.78, 5) is 27.7. The number of guanidine groups is 1. The molecule has 172 valence electrons. The quantitative estimate of drug-likeness (QED) is 0.550. The summed E-state index contributed by atoms with van der Waals surface area (Å²) in [6.07, 6.45) is 3.06. The second-order valence-electron chi connectivity index (χ2n) is 6.94. The molecule has 2 aromatic rings. The zero-order chi connectivity index (χ0) is 23.4. The Labute approximate surface area is 190 Å². The van der Waals surface area contributed by atoms with Crippen LogP contribution in [0.3, 0.4) is 0 Å². The van der Waals surface area contributed by atoms with Crippen LogP contribution in [0.4, 0.5) is 5.69 Å². The van der Waals surface area contributed by atoms with Crippen molar-refractivity contribution in [1.29, 1.82) is 0 Å². The fourth-order valence-electron chi connectivity index (χ4n) is 3.38. The fraction of sp³-hybridized carbons (Fsp3) is 0.238. The lowest BCUT2D eigenvalue weighted by molar-refractivity contribution is 0.0973. The summed E-state index contributed by atoms with van der Waals surface area (Å²) in [7, 11) is -2.06. The van der Waals surface area contributed by atoms with Gasteiger partial charge in [-0.05, 0) is 24.3 Å². The smallest absolute Gasteiger partial charge is 0.259 e. The first-order valence-electron chi connectivity index (χ1n) is 10.0. The summed E-state index contributed by atoms with van der Waals surface area (Å²) in [5.41, 5.74) is 1.60. The van der Waals surface area contributed by atoms with Gasteiger partial charge in [0, 0.05) is 36.5 Å². The second-order valence-corrected chi connectivity index (χ2v) is 8.65. The minimum atomic E-state index is -3.54. The highest BCUT2D eigenvalue weighted by Crippen LogP contribution is 2.43. The molecular weight excluding hydrogens is 448 g/mol. The van der Waals surface area contributed by atoms with Crippen LogP contribution < -0.4 is 19.5 Å². The largest absolute Gasteiger partial charge is 0.491 e. The number of aliphatic imine (C=N–C) groups is 2. The third-order valence-corrected chi connectivity index (χ3v) is 5.93. The number of nitrogens with one attached hydrogen (secondary N) is 2. The molecule has 1 amide bonds. The molecule has 33 heavy (non-hydrogen) atoms. The Bertz CT molecular complexity index is 1240. The van der Waals surface area contributed by atoms with Gasteiger partial charge in [0.15, 0.2) is 11.5 Å². The van der Waals surface area contributed by atoms with Crippen molar-refractivity contribution in [3.63, 3.8) is 0 Å². The van der Waals surface area contributed by atoms with Gasteiger partial charge in [-0.15, -0.1) is 0 Å². The normalized spacial score (nSPS) is 14.5. The molecule has 1 aromatic heterocycles. The van der Waals surface area contributed by atoms with E-state index in [-0.39, 0.29) is 19.1 Å². The van der Waals surface area contributed by atoms with Crippen molar-refractivity contribution in [3.8, 4) is 11.5 Å². The van der Waals surface area contributed by atoms with E-state index in [0.717, 1.165) is 11.0 Å². The SMILES string of the molecule is C=CS(=O)(=O)NCCOc1ccc2c(c1OC)N=C(NC(=O)c1cccnc1)N1CCN=C21. The molecule has 0 radical (unpaired) electrons. The molecule has 1 aromatic carbocycles. The van der Waals surface area contributed by atoms with Crippen LogP contribution in [-0.4, -0.2) is 69.4 Å². The molecule has 0 bridgehead atoms. The Kier molecular flexibility index (Phi) is 6.38. The van der Waals surface area contributed by atoms with Gasteiger partial charge in [0.1, 0.15) is 18.1 Å². The number of carbonyl (C=O) groups excluding carboxylic acids is 1. The number of fused-ring (bicyclic) bond motifs is 3. The van der Waals surface area contributed by atoms with E-state index in [1.54, 1.807) is 24.4 Å². The van der Waals surface area contributed by atoms with Gasteiger partial charge < -0.3 is 9.47 Å². The number of pyridine rings is 1. The monoisotopic (exact) mass is 470 g/mol. The number of hydrogen-bond acceptors (Lipinski definition) is 9. The number of carbonyl (C=O) groups is 1. The number of aromatic nitrogens is 1. The first-order chi connectivity index (χ1) is 15.9. The highest BCUT2D eigenvalue weighted by Gasteiger charge is 2.33. The van der Waals surface area contributed by atoms with Crippen LogP contribution in [0.5, 0.6) is 11.5 Å². The zero-order valence-corrected chi connectivity index (χ0v) is 18.6. The topological polar surface area (TPSA) is 135 Å². The average Bonchev–Trinajstić information content (AvgIpc) is 3.33. The lowest BCUT2D eigenvalue weighted by Gasteiger charge is -2.28. The highest BCUT2D eigenvalue weighted by molar-refractivity contribution is 7.92. The van der Waals surface area contributed by atoms with Gasteiger partial charge >= 0.3 is 0 Å². The number of rotatable bonds is 8. The first-order valence-corrected chi connectivity index (χ1v) is 11.6. The molecule has 0 saturated carbocycles. The van der Waals surface area contributed by atoms with E-state index < -0.39 is 10.0 Å². The molecule has 0 spiro atoms. The second kappa shape index (κ2) is 9.38. The number of ether oxygens (including phenoxy) is 2. The van der Waals surface area contributed by atoms with Crippen molar-refractivity contribution in [2.45, 2.75) is 0 Å². The van der Waals surface area contributed by atoms with Gasteiger partial charge in [-0.1, -0.05) is 6.58 Å². The Hall–Kier alpha value is -3.77. The lowest BCUT2D eigenvalue weighted by Crippen LogP contribution is -2.47. The number of benzene rings is 1. The fourth-order valence-corrected chi connectivity index (χ4v) is 3.86. The molecule has 3 heterocycles. The van der Waals surface area contributed by atoms with E-state index >= 15 is 0 Å². The van der Waals surface area contributed by atoms with Gasteiger partial charge in [-0.3, -0.25) is 25.0 Å². The van der Waals surface area contributed by atoms with Crippen molar-refractivity contribution in [2.75, 3.05) is 33.4 Å². The molecule has 2 aliphatic rings. The van der Waals surface area contributed by atoms with Crippen molar-refractivity contribution in [2.24, 2.45) is 9.98 Å². The molecule has 12 heteroatoms. The van der Waals surface area contributed by atoms with E-state index in [9.17, 15) is 13.2 Å². The van der Waals surface area contributed by atoms with E-state index in [2.05, 4.69) is 31.6 Å². The molecule has 11 nitrogen and oxygen atoms in total. The number of methoxy groups -OCH3 is 1. The van der Waals surface area contributed by atoms with Crippen LogP contribution in [0.1, 0.15) is 15.9 Å². The predicted octanol–water partition coefficient (Wildman–Crippen LogP) is 1.03. The standard InChI is InChI=1S/C21H22N6O5S/c1-3-33(29,30)24-10-12-32-16-7-6-15-17(18(16)31-2)25-21(27-11-9-23-19(15)27)26-20(28)14-5-4-8-22-13-14/h3-8,13,24H,1,9-12H2,2H3,(H,25,26,28). The summed E-state index contributed by atoms with van der Waals surface area (Å²) in [5.74, 6) is 1.37. The average molecular weight is 471 g/mol. The maximum atomic E-state index is 12.7. The first kappa shape index (κ1) is 22.4. The zero-order valence-electron chi connectivity index (χ0n) is 17.8. The Morgan fingerprint density at radius 1 is 1.33 bits per heavy atom. The molecule has 0 aliphatic carbocycles. The highest BCUT2D eigenvalue weighted by atomic mass is 32.2. The van der Waals surface area contributed by atoms with Crippen LogP contribution in [0.15, 0.2) is 58.6 Å². The molecular formula is C21H22N6O5S. The molecule has 0 saturated heterocycles. The van der Waals surface area contributed by atoms with Gasteiger partial charge in [0.25, 0.3) is 5.91 Å². The molecule has 2 N–H and O–H groups in total. The van der Waals surface area contributed by atoms with Gasteiger partial charge in [0.2, 0.25) is 16.0 Å². The van der Waals surface area contributed by atoms with Crippen molar-refractivity contribution in [3.05, 3.63) is 59.8 Å². The minimum absolute atomic E-state index is 0.0464. The van der Waals surface area contributed by atoms with E-state index in [0.29, 0.717) is 47.6 Å². The molecule has 4 rings (SSSR count). The third kappa shape index (κ3) is 4.71. The van der Waals surface area contributed by atoms with Gasteiger partial charge in [-0.2, -0.15) is 0 Å². The van der Waals surface area contributed by atoms with Crippen molar-refractivity contribution in [1.82, 2.24) is 19.9 Å². The van der Waals surface area contributed by atoms with Crippen LogP contribution >= 0.6 is 0 Å². The lowest BCUT2D eigenvalue weighted by atomic mass is 10.1. The number of sulfonamides is 1. The van der Waals surface area contributed by atoms with Crippen molar-refractivity contribution >= 4 is 33.4 Å². The minimum Gasteiger partial charge on any atom is -0.491 e. The van der Waals surface area contributed by atoms with Crippen LogP contribution in [0.25, 0.3) is 0 Å². The Morgan fingerprint density at radius 2 is 2.18 bits per heavy atom. The van der Waals surface area contributed by atoms with Crippen LogP contribution in [0.2, 0.25) is 0 Å². The number of amidine groups is 1. The third-order valence-electron chi connectivity index (χ3n) is 4.89.